The average Bonchev–Trinajstić information content (AvgIpc) is 2.89. The van der Waals surface area contributed by atoms with Crippen LogP contribution in [0.3, 0.4) is 0 Å². The summed E-state index contributed by atoms with van der Waals surface area (Å²) >= 11 is 24.5. The molecule has 0 heterocycles. The predicted octanol–water partition coefficient (Wildman–Crippen LogP) is 4.40. The van der Waals surface area contributed by atoms with Crippen LogP contribution in [-0.4, -0.2) is 8.67 Å². The lowest BCUT2D eigenvalue weighted by molar-refractivity contribution is 0.308. The highest BCUT2D eigenvalue weighted by Gasteiger charge is 2.67. The van der Waals surface area contributed by atoms with Crippen LogP contribution in [0.5, 0.6) is 0 Å². The number of fused-ring (bicyclic) bond motifs is 1. The third-order valence-electron chi connectivity index (χ3n) is 4.21. The van der Waals surface area contributed by atoms with E-state index in [9.17, 15) is 0 Å². The molecular formula is C10H12Cl4. The normalized spacial score (nSPS) is 52.3. The maximum absolute atomic E-state index is 6.17. The lowest BCUT2D eigenvalue weighted by atomic mass is 9.86. The van der Waals surface area contributed by atoms with Crippen molar-refractivity contribution >= 4 is 46.4 Å². The van der Waals surface area contributed by atoms with E-state index in [0.29, 0.717) is 23.7 Å². The van der Waals surface area contributed by atoms with Gasteiger partial charge in [0, 0.05) is 0 Å². The van der Waals surface area contributed by atoms with Crippen molar-refractivity contribution in [3.05, 3.63) is 0 Å². The maximum Gasteiger partial charge on any atom is 0.124 e. The van der Waals surface area contributed by atoms with Gasteiger partial charge in [0.1, 0.15) is 8.67 Å². The van der Waals surface area contributed by atoms with Crippen molar-refractivity contribution < 1.29 is 0 Å². The Morgan fingerprint density at radius 3 is 2.00 bits per heavy atom. The van der Waals surface area contributed by atoms with E-state index in [1.807, 2.05) is 0 Å². The molecule has 80 valence electrons. The van der Waals surface area contributed by atoms with Crippen molar-refractivity contribution in [2.75, 3.05) is 0 Å². The van der Waals surface area contributed by atoms with Crippen molar-refractivity contribution in [2.24, 2.45) is 23.7 Å². The summed E-state index contributed by atoms with van der Waals surface area (Å²) in [5.74, 6) is 2.21. The Labute approximate surface area is 104 Å². The number of alkyl halides is 4. The van der Waals surface area contributed by atoms with Gasteiger partial charge in [0.2, 0.25) is 0 Å². The first-order valence-electron chi connectivity index (χ1n) is 5.18. The van der Waals surface area contributed by atoms with Crippen LogP contribution in [0.1, 0.15) is 25.7 Å². The lowest BCUT2D eigenvalue weighted by Crippen LogP contribution is -2.13. The van der Waals surface area contributed by atoms with Crippen LogP contribution in [0, 0.1) is 23.7 Å². The van der Waals surface area contributed by atoms with Crippen LogP contribution in [0.15, 0.2) is 0 Å². The van der Waals surface area contributed by atoms with E-state index >= 15 is 0 Å². The molecule has 0 aromatic rings. The van der Waals surface area contributed by atoms with Crippen LogP contribution >= 0.6 is 46.4 Å². The Morgan fingerprint density at radius 1 is 0.857 bits per heavy atom. The lowest BCUT2D eigenvalue weighted by Gasteiger charge is -2.20. The SMILES string of the molecule is ClC1(Cl)CC1C1CCC2C(C1)C2(Cl)Cl. The molecule has 4 heteroatoms. The first-order chi connectivity index (χ1) is 6.43. The molecule has 0 nitrogen and oxygen atoms in total. The summed E-state index contributed by atoms with van der Waals surface area (Å²) in [6.07, 6.45) is 4.44. The fourth-order valence-electron chi connectivity index (χ4n) is 3.12. The smallest absolute Gasteiger partial charge is 0.101 e. The number of hydrogen-bond donors (Lipinski definition) is 0. The minimum Gasteiger partial charge on any atom is -0.101 e. The zero-order valence-corrected chi connectivity index (χ0v) is 10.7. The van der Waals surface area contributed by atoms with Crippen molar-refractivity contribution in [1.82, 2.24) is 0 Å². The highest BCUT2D eigenvalue weighted by Crippen LogP contribution is 2.70. The number of hydrogen-bond acceptors (Lipinski definition) is 0. The molecule has 3 saturated carbocycles. The molecule has 14 heavy (non-hydrogen) atoms. The molecule has 0 saturated heterocycles. The van der Waals surface area contributed by atoms with Gasteiger partial charge >= 0.3 is 0 Å². The molecule has 3 aliphatic rings. The van der Waals surface area contributed by atoms with Gasteiger partial charge in [0.05, 0.1) is 0 Å². The van der Waals surface area contributed by atoms with Crippen molar-refractivity contribution in [3.8, 4) is 0 Å². The van der Waals surface area contributed by atoms with Crippen LogP contribution in [0.25, 0.3) is 0 Å². The van der Waals surface area contributed by atoms with E-state index in [1.54, 1.807) is 0 Å². The van der Waals surface area contributed by atoms with Gasteiger partial charge in [-0.15, -0.1) is 46.4 Å². The standard InChI is InChI=1S/C10H12Cl4/c11-9(12)4-8(9)5-1-2-6-7(3-5)10(6,13)14/h5-8H,1-4H2. The summed E-state index contributed by atoms with van der Waals surface area (Å²) in [7, 11) is 0. The molecule has 0 aromatic carbocycles. The fourth-order valence-corrected chi connectivity index (χ4v) is 4.69. The van der Waals surface area contributed by atoms with E-state index < -0.39 is 8.67 Å². The summed E-state index contributed by atoms with van der Waals surface area (Å²) in [4.78, 5) is 0. The minimum atomic E-state index is -0.437. The van der Waals surface area contributed by atoms with Gasteiger partial charge in [-0.25, -0.2) is 0 Å². The Balaban J connectivity index is 1.65. The van der Waals surface area contributed by atoms with Gasteiger partial charge in [0.25, 0.3) is 0 Å². The summed E-state index contributed by atoms with van der Waals surface area (Å²) in [6, 6.07) is 0. The number of rotatable bonds is 1. The van der Waals surface area contributed by atoms with Gasteiger partial charge in [-0.05, 0) is 49.4 Å². The monoisotopic (exact) mass is 272 g/mol. The van der Waals surface area contributed by atoms with Gasteiger partial charge in [0.15, 0.2) is 0 Å². The Kier molecular flexibility index (Phi) is 2.13. The van der Waals surface area contributed by atoms with E-state index in [2.05, 4.69) is 0 Å². The third-order valence-corrected chi connectivity index (χ3v) is 6.20. The molecule has 0 amide bonds. The molecule has 4 unspecified atom stereocenters. The quantitative estimate of drug-likeness (QED) is 0.621. The topological polar surface area (TPSA) is 0 Å². The van der Waals surface area contributed by atoms with Crippen LogP contribution in [0.2, 0.25) is 0 Å². The molecule has 0 spiro atoms. The third kappa shape index (κ3) is 1.41. The van der Waals surface area contributed by atoms with Crippen molar-refractivity contribution in [1.29, 1.82) is 0 Å². The van der Waals surface area contributed by atoms with Crippen molar-refractivity contribution in [3.63, 3.8) is 0 Å². The molecule has 0 radical (unpaired) electrons. The molecule has 3 rings (SSSR count). The summed E-state index contributed by atoms with van der Waals surface area (Å²) in [5.41, 5.74) is 0. The zero-order valence-electron chi connectivity index (χ0n) is 7.65. The van der Waals surface area contributed by atoms with Gasteiger partial charge in [-0.1, -0.05) is 0 Å². The molecule has 4 atom stereocenters. The maximum atomic E-state index is 6.17. The van der Waals surface area contributed by atoms with Crippen molar-refractivity contribution in [2.45, 2.75) is 34.3 Å². The largest absolute Gasteiger partial charge is 0.124 e. The van der Waals surface area contributed by atoms with Gasteiger partial charge < -0.3 is 0 Å². The highest BCUT2D eigenvalue weighted by atomic mass is 35.5. The summed E-state index contributed by atoms with van der Waals surface area (Å²) in [5, 5.41) is 0. The van der Waals surface area contributed by atoms with E-state index in [-0.39, 0.29) is 0 Å². The number of halogens is 4. The Morgan fingerprint density at radius 2 is 1.50 bits per heavy atom. The molecule has 0 aromatic heterocycles. The highest BCUT2D eigenvalue weighted by molar-refractivity contribution is 6.51. The second-order valence-electron chi connectivity index (χ2n) is 5.03. The molecule has 0 N–H and O–H groups in total. The van der Waals surface area contributed by atoms with Crippen LogP contribution in [-0.2, 0) is 0 Å². The Bertz CT molecular complexity index is 273. The fraction of sp³-hybridized carbons (Fsp3) is 1.00. The molecule has 3 aliphatic carbocycles. The van der Waals surface area contributed by atoms with E-state index in [1.165, 1.54) is 6.42 Å². The molecular weight excluding hydrogens is 262 g/mol. The average molecular weight is 274 g/mol. The summed E-state index contributed by atoms with van der Waals surface area (Å²) in [6.45, 7) is 0. The van der Waals surface area contributed by atoms with Gasteiger partial charge in [-0.2, -0.15) is 0 Å². The first kappa shape index (κ1) is 10.3. The van der Waals surface area contributed by atoms with E-state index in [0.717, 1.165) is 19.3 Å². The zero-order chi connectivity index (χ0) is 10.1. The van der Waals surface area contributed by atoms with Crippen LogP contribution < -0.4 is 0 Å². The molecule has 0 bridgehead atoms. The first-order valence-corrected chi connectivity index (χ1v) is 6.70. The van der Waals surface area contributed by atoms with Gasteiger partial charge in [-0.3, -0.25) is 0 Å². The molecule has 3 fully saturated rings. The Hall–Kier alpha value is 1.16. The second-order valence-corrected chi connectivity index (χ2v) is 8.02. The van der Waals surface area contributed by atoms with Crippen LogP contribution in [0.4, 0.5) is 0 Å². The second kappa shape index (κ2) is 2.88. The van der Waals surface area contributed by atoms with E-state index in [4.69, 9.17) is 46.4 Å². The summed E-state index contributed by atoms with van der Waals surface area (Å²) < 4.78 is -0.862. The predicted molar refractivity (Wildman–Crippen MR) is 61.3 cm³/mol. The molecule has 0 aliphatic heterocycles. The minimum absolute atomic E-state index is 0.426.